The molecule has 3 N–H and O–H groups in total. The number of fused-ring (bicyclic) bond motifs is 2. The Labute approximate surface area is 167 Å². The van der Waals surface area contributed by atoms with Gasteiger partial charge in [-0.25, -0.2) is 18.0 Å². The maximum atomic E-state index is 15.7. The molecule has 0 saturated heterocycles. The van der Waals surface area contributed by atoms with Crippen molar-refractivity contribution < 1.29 is 23.1 Å². The van der Waals surface area contributed by atoms with Crippen molar-refractivity contribution in [3.63, 3.8) is 0 Å². The fourth-order valence-corrected chi connectivity index (χ4v) is 4.16. The van der Waals surface area contributed by atoms with E-state index in [0.29, 0.717) is 24.0 Å². The second kappa shape index (κ2) is 6.25. The standard InChI is InChI=1S/C21H16F3N3O3/c22-13-3-1-2-9-6-26(7-11(9)13)19-15(23)17(25)14-18(16(19)24)27(10-4-5-10)8-12(20(14)28)21(29)30/h1-3,8,10H,4-7,25H2,(H,29,30). The number of aromatic nitrogens is 1. The molecule has 0 atom stereocenters. The number of rotatable bonds is 3. The fourth-order valence-electron chi connectivity index (χ4n) is 4.16. The molecule has 1 saturated carbocycles. The molecule has 2 heterocycles. The molecular formula is C21H16F3N3O3. The number of anilines is 2. The van der Waals surface area contributed by atoms with Gasteiger partial charge in [-0.3, -0.25) is 4.79 Å². The summed E-state index contributed by atoms with van der Waals surface area (Å²) in [5.74, 6) is -4.13. The number of carboxylic acid groups (broad SMARTS) is 1. The van der Waals surface area contributed by atoms with Gasteiger partial charge in [-0.05, 0) is 24.5 Å². The summed E-state index contributed by atoms with van der Waals surface area (Å²) in [5.41, 5.74) is 3.93. The predicted molar refractivity (Wildman–Crippen MR) is 104 cm³/mol. The van der Waals surface area contributed by atoms with Crippen molar-refractivity contribution in [3.05, 3.63) is 68.8 Å². The van der Waals surface area contributed by atoms with Gasteiger partial charge in [0.05, 0.1) is 16.6 Å². The van der Waals surface area contributed by atoms with E-state index in [1.807, 2.05) is 0 Å². The van der Waals surface area contributed by atoms with Crippen LogP contribution in [0.2, 0.25) is 0 Å². The number of benzene rings is 2. The molecule has 0 radical (unpaired) electrons. The average molecular weight is 415 g/mol. The van der Waals surface area contributed by atoms with Crippen LogP contribution in [0.1, 0.15) is 40.4 Å². The molecule has 5 rings (SSSR count). The highest BCUT2D eigenvalue weighted by Crippen LogP contribution is 2.43. The summed E-state index contributed by atoms with van der Waals surface area (Å²) in [6, 6.07) is 4.28. The molecule has 0 spiro atoms. The number of nitrogens with zero attached hydrogens (tertiary/aromatic N) is 2. The zero-order valence-electron chi connectivity index (χ0n) is 15.6. The van der Waals surface area contributed by atoms with Crippen molar-refractivity contribution in [2.75, 3.05) is 10.6 Å². The Morgan fingerprint density at radius 2 is 1.87 bits per heavy atom. The number of halogens is 3. The van der Waals surface area contributed by atoms with Crippen molar-refractivity contribution in [1.29, 1.82) is 0 Å². The molecule has 6 nitrogen and oxygen atoms in total. The van der Waals surface area contributed by atoms with E-state index in [-0.39, 0.29) is 24.6 Å². The van der Waals surface area contributed by atoms with Gasteiger partial charge in [0, 0.05) is 30.9 Å². The second-order valence-electron chi connectivity index (χ2n) is 7.66. The number of nitrogens with two attached hydrogens (primary N) is 1. The highest BCUT2D eigenvalue weighted by molar-refractivity contribution is 5.99. The normalized spacial score (nSPS) is 15.6. The summed E-state index contributed by atoms with van der Waals surface area (Å²) >= 11 is 0. The summed E-state index contributed by atoms with van der Waals surface area (Å²) in [4.78, 5) is 25.5. The molecule has 3 aromatic rings. The molecule has 0 unspecified atom stereocenters. The first-order valence-corrected chi connectivity index (χ1v) is 9.39. The third-order valence-electron chi connectivity index (χ3n) is 5.78. The van der Waals surface area contributed by atoms with Gasteiger partial charge in [-0.1, -0.05) is 12.1 Å². The van der Waals surface area contributed by atoms with Crippen LogP contribution in [0.4, 0.5) is 24.5 Å². The van der Waals surface area contributed by atoms with Crippen LogP contribution in [-0.2, 0) is 13.1 Å². The Morgan fingerprint density at radius 3 is 2.50 bits per heavy atom. The van der Waals surface area contributed by atoms with Gasteiger partial charge >= 0.3 is 5.97 Å². The average Bonchev–Trinajstić information content (AvgIpc) is 3.45. The Hall–Kier alpha value is -3.49. The quantitative estimate of drug-likeness (QED) is 0.639. The zero-order chi connectivity index (χ0) is 21.3. The minimum Gasteiger partial charge on any atom is -0.477 e. The molecule has 1 aliphatic carbocycles. The smallest absolute Gasteiger partial charge is 0.341 e. The van der Waals surface area contributed by atoms with Crippen LogP contribution in [0.25, 0.3) is 10.9 Å². The van der Waals surface area contributed by atoms with E-state index < -0.39 is 51.2 Å². The van der Waals surface area contributed by atoms with Crippen molar-refractivity contribution in [2.45, 2.75) is 32.0 Å². The zero-order valence-corrected chi connectivity index (χ0v) is 15.6. The number of hydrogen-bond acceptors (Lipinski definition) is 4. The SMILES string of the molecule is Nc1c(F)c(N2Cc3cccc(F)c3C2)c(F)c2c1c(=O)c(C(=O)O)cn2C1CC1. The Balaban J connectivity index is 1.79. The monoisotopic (exact) mass is 415 g/mol. The largest absolute Gasteiger partial charge is 0.477 e. The number of carboxylic acids is 1. The van der Waals surface area contributed by atoms with Gasteiger partial charge < -0.3 is 20.3 Å². The first kappa shape index (κ1) is 18.5. The minimum atomic E-state index is -1.49. The first-order chi connectivity index (χ1) is 14.3. The van der Waals surface area contributed by atoms with Gasteiger partial charge in [-0.2, -0.15) is 0 Å². The van der Waals surface area contributed by atoms with Crippen molar-refractivity contribution in [1.82, 2.24) is 4.57 Å². The molecule has 1 fully saturated rings. The Bertz CT molecular complexity index is 1310. The van der Waals surface area contributed by atoms with Crippen molar-refractivity contribution >= 4 is 28.2 Å². The lowest BCUT2D eigenvalue weighted by molar-refractivity contribution is 0.0695. The summed E-state index contributed by atoms with van der Waals surface area (Å²) in [7, 11) is 0. The van der Waals surface area contributed by atoms with Crippen molar-refractivity contribution in [2.24, 2.45) is 0 Å². The lowest BCUT2D eigenvalue weighted by Crippen LogP contribution is -2.24. The molecule has 2 aliphatic rings. The minimum absolute atomic E-state index is 0.0539. The van der Waals surface area contributed by atoms with Crippen LogP contribution in [0.3, 0.4) is 0 Å². The maximum Gasteiger partial charge on any atom is 0.341 e. The maximum absolute atomic E-state index is 15.7. The molecular weight excluding hydrogens is 399 g/mol. The van der Waals surface area contributed by atoms with E-state index in [4.69, 9.17) is 5.73 Å². The van der Waals surface area contributed by atoms with E-state index in [1.165, 1.54) is 21.6 Å². The highest BCUT2D eigenvalue weighted by Gasteiger charge is 2.34. The molecule has 30 heavy (non-hydrogen) atoms. The summed E-state index contributed by atoms with van der Waals surface area (Å²) in [5, 5.41) is 8.87. The second-order valence-corrected chi connectivity index (χ2v) is 7.66. The van der Waals surface area contributed by atoms with Crippen LogP contribution in [0.15, 0.2) is 29.2 Å². The van der Waals surface area contributed by atoms with Gasteiger partial charge in [0.2, 0.25) is 5.43 Å². The van der Waals surface area contributed by atoms with Crippen molar-refractivity contribution in [3.8, 4) is 0 Å². The topological polar surface area (TPSA) is 88.6 Å². The van der Waals surface area contributed by atoms with Gasteiger partial charge in [0.1, 0.15) is 17.1 Å². The van der Waals surface area contributed by atoms with E-state index in [9.17, 15) is 19.1 Å². The van der Waals surface area contributed by atoms with Crippen LogP contribution in [-0.4, -0.2) is 15.6 Å². The molecule has 2 aromatic carbocycles. The molecule has 0 amide bonds. The van der Waals surface area contributed by atoms with E-state index in [0.717, 1.165) is 6.20 Å². The molecule has 1 aliphatic heterocycles. The van der Waals surface area contributed by atoms with Crippen LogP contribution >= 0.6 is 0 Å². The van der Waals surface area contributed by atoms with E-state index in [1.54, 1.807) is 6.07 Å². The number of nitrogen functional groups attached to an aromatic ring is 1. The van der Waals surface area contributed by atoms with Gasteiger partial charge in [0.25, 0.3) is 0 Å². The Morgan fingerprint density at radius 1 is 1.13 bits per heavy atom. The summed E-state index contributed by atoms with van der Waals surface area (Å²) in [6.07, 6.45) is 2.43. The van der Waals surface area contributed by atoms with E-state index in [2.05, 4.69) is 0 Å². The fraction of sp³-hybridized carbons (Fsp3) is 0.238. The highest BCUT2D eigenvalue weighted by atomic mass is 19.1. The van der Waals surface area contributed by atoms with Crippen LogP contribution in [0.5, 0.6) is 0 Å². The lowest BCUT2D eigenvalue weighted by atomic mass is 10.1. The molecule has 9 heteroatoms. The summed E-state index contributed by atoms with van der Waals surface area (Å²) in [6.45, 7) is 0.0222. The van der Waals surface area contributed by atoms with Crippen LogP contribution in [0, 0.1) is 17.5 Å². The number of pyridine rings is 1. The number of aromatic carboxylic acids is 1. The van der Waals surface area contributed by atoms with Gasteiger partial charge in [0.15, 0.2) is 11.6 Å². The Kier molecular flexibility index (Phi) is 3.86. The third-order valence-corrected chi connectivity index (χ3v) is 5.78. The molecule has 0 bridgehead atoms. The van der Waals surface area contributed by atoms with Crippen LogP contribution < -0.4 is 16.1 Å². The molecule has 1 aromatic heterocycles. The number of hydrogen-bond donors (Lipinski definition) is 2. The predicted octanol–water partition coefficient (Wildman–Crippen LogP) is 3.55. The number of carbonyl (C=O) groups is 1. The third kappa shape index (κ3) is 2.51. The lowest BCUT2D eigenvalue weighted by Gasteiger charge is -2.23. The first-order valence-electron chi connectivity index (χ1n) is 9.39. The van der Waals surface area contributed by atoms with Gasteiger partial charge in [-0.15, -0.1) is 0 Å². The summed E-state index contributed by atoms with van der Waals surface area (Å²) < 4.78 is 46.4. The van der Waals surface area contributed by atoms with E-state index >= 15 is 8.78 Å². The molecule has 154 valence electrons.